The molecule has 1 aromatic carbocycles. The van der Waals surface area contributed by atoms with E-state index in [0.29, 0.717) is 0 Å². The summed E-state index contributed by atoms with van der Waals surface area (Å²) in [4.78, 5) is 0. The molecule has 3 heteroatoms. The first kappa shape index (κ1) is 14.0. The van der Waals surface area contributed by atoms with E-state index >= 15 is 0 Å². The third-order valence-corrected chi connectivity index (χ3v) is 3.22. The van der Waals surface area contributed by atoms with Crippen molar-refractivity contribution < 1.29 is 9.50 Å². The highest BCUT2D eigenvalue weighted by molar-refractivity contribution is 5.45. The maximum Gasteiger partial charge on any atom is 0.125 e. The second-order valence-corrected chi connectivity index (χ2v) is 4.53. The highest BCUT2D eigenvalue weighted by Crippen LogP contribution is 2.24. The summed E-state index contributed by atoms with van der Waals surface area (Å²) in [7, 11) is 0. The molecule has 0 saturated carbocycles. The number of hydrogen-bond acceptors (Lipinski definition) is 2. The van der Waals surface area contributed by atoms with Crippen LogP contribution < -0.4 is 5.32 Å². The zero-order chi connectivity index (χ0) is 12.7. The Labute approximate surface area is 103 Å². The van der Waals surface area contributed by atoms with Crippen molar-refractivity contribution in [2.45, 2.75) is 45.1 Å². The van der Waals surface area contributed by atoms with Crippen LogP contribution in [0, 0.1) is 5.82 Å². The molecule has 0 bridgehead atoms. The van der Waals surface area contributed by atoms with E-state index in [1.54, 1.807) is 6.07 Å². The first-order valence-electron chi connectivity index (χ1n) is 6.30. The Bertz CT molecular complexity index is 337. The molecular formula is C14H22FNO. The van der Waals surface area contributed by atoms with Gasteiger partial charge in [0.1, 0.15) is 5.82 Å². The Morgan fingerprint density at radius 2 is 2.12 bits per heavy atom. The summed E-state index contributed by atoms with van der Waals surface area (Å²) < 4.78 is 13.1. The third-order valence-electron chi connectivity index (χ3n) is 3.22. The zero-order valence-corrected chi connectivity index (χ0v) is 10.7. The monoisotopic (exact) mass is 239 g/mol. The fraction of sp³-hybridized carbons (Fsp3) is 0.571. The van der Waals surface area contributed by atoms with E-state index < -0.39 is 0 Å². The van der Waals surface area contributed by atoms with E-state index in [1.165, 1.54) is 12.1 Å². The summed E-state index contributed by atoms with van der Waals surface area (Å²) >= 11 is 0. The number of aliphatic hydroxyl groups excluding tert-OH is 1. The summed E-state index contributed by atoms with van der Waals surface area (Å²) in [6.45, 7) is 4.23. The van der Waals surface area contributed by atoms with Crippen LogP contribution in [0.4, 0.5) is 10.1 Å². The van der Waals surface area contributed by atoms with Crippen LogP contribution in [-0.2, 0) is 0 Å². The second-order valence-electron chi connectivity index (χ2n) is 4.53. The maximum atomic E-state index is 13.1. The Balaban J connectivity index is 2.78. The average Bonchev–Trinajstić information content (AvgIpc) is 2.35. The lowest BCUT2D eigenvalue weighted by Gasteiger charge is -2.33. The predicted molar refractivity (Wildman–Crippen MR) is 69.7 cm³/mol. The van der Waals surface area contributed by atoms with Crippen molar-refractivity contribution in [3.63, 3.8) is 0 Å². The molecular weight excluding hydrogens is 217 g/mol. The van der Waals surface area contributed by atoms with Gasteiger partial charge in [-0.1, -0.05) is 32.8 Å². The minimum atomic E-state index is -0.330. The van der Waals surface area contributed by atoms with Gasteiger partial charge in [-0.15, -0.1) is 0 Å². The average molecular weight is 239 g/mol. The van der Waals surface area contributed by atoms with E-state index in [4.69, 9.17) is 0 Å². The van der Waals surface area contributed by atoms with Gasteiger partial charge in [0.05, 0.1) is 12.1 Å². The smallest absolute Gasteiger partial charge is 0.125 e. The SMILES string of the molecule is CCCCC(CC)(CO)Nc1cccc(F)c1. The number of benzene rings is 1. The standard InChI is InChI=1S/C14H22FNO/c1-3-5-9-14(4-2,11-17)16-13-8-6-7-12(15)10-13/h6-8,10,16-17H,3-5,9,11H2,1-2H3. The molecule has 1 rings (SSSR count). The Kier molecular flexibility index (Phi) is 5.42. The Hall–Kier alpha value is -1.09. The molecule has 0 radical (unpaired) electrons. The predicted octanol–water partition coefficient (Wildman–Crippen LogP) is 3.57. The molecule has 1 atom stereocenters. The van der Waals surface area contributed by atoms with Gasteiger partial charge in [-0.05, 0) is 31.0 Å². The molecule has 0 spiro atoms. The molecule has 17 heavy (non-hydrogen) atoms. The van der Waals surface area contributed by atoms with Crippen molar-refractivity contribution >= 4 is 5.69 Å². The summed E-state index contributed by atoms with van der Waals surface area (Å²) in [5, 5.41) is 12.9. The van der Waals surface area contributed by atoms with Crippen molar-refractivity contribution in [3.8, 4) is 0 Å². The van der Waals surface area contributed by atoms with Crippen LogP contribution in [-0.4, -0.2) is 17.3 Å². The first-order valence-corrected chi connectivity index (χ1v) is 6.30. The van der Waals surface area contributed by atoms with Crippen LogP contribution in [0.15, 0.2) is 24.3 Å². The lowest BCUT2D eigenvalue weighted by molar-refractivity contribution is 0.195. The van der Waals surface area contributed by atoms with E-state index in [2.05, 4.69) is 12.2 Å². The third kappa shape index (κ3) is 4.00. The van der Waals surface area contributed by atoms with E-state index in [1.807, 2.05) is 13.0 Å². The molecule has 2 nitrogen and oxygen atoms in total. The number of unbranched alkanes of at least 4 members (excludes halogenated alkanes) is 1. The summed E-state index contributed by atoms with van der Waals surface area (Å²) in [6.07, 6.45) is 3.86. The second kappa shape index (κ2) is 6.60. The highest BCUT2D eigenvalue weighted by Gasteiger charge is 2.26. The molecule has 0 heterocycles. The van der Waals surface area contributed by atoms with Gasteiger partial charge in [-0.25, -0.2) is 4.39 Å². The molecule has 0 saturated heterocycles. The minimum absolute atomic E-state index is 0.0695. The van der Waals surface area contributed by atoms with Crippen molar-refractivity contribution in [2.24, 2.45) is 0 Å². The summed E-state index contributed by atoms with van der Waals surface area (Å²) in [5.74, 6) is -0.256. The number of hydrogen-bond donors (Lipinski definition) is 2. The summed E-state index contributed by atoms with van der Waals surface area (Å²) in [5.41, 5.74) is 0.404. The number of anilines is 1. The molecule has 0 aromatic heterocycles. The first-order chi connectivity index (χ1) is 8.15. The molecule has 2 N–H and O–H groups in total. The number of aliphatic hydroxyl groups is 1. The largest absolute Gasteiger partial charge is 0.394 e. The molecule has 0 amide bonds. The van der Waals surface area contributed by atoms with Gasteiger partial charge < -0.3 is 10.4 Å². The molecule has 0 aliphatic heterocycles. The van der Waals surface area contributed by atoms with Gasteiger partial charge in [-0.2, -0.15) is 0 Å². The topological polar surface area (TPSA) is 32.3 Å². The molecule has 1 aromatic rings. The Morgan fingerprint density at radius 3 is 2.65 bits per heavy atom. The van der Waals surface area contributed by atoms with Crippen molar-refractivity contribution in [2.75, 3.05) is 11.9 Å². The van der Waals surface area contributed by atoms with Crippen molar-refractivity contribution in [1.82, 2.24) is 0 Å². The summed E-state index contributed by atoms with van der Waals surface area (Å²) in [6, 6.07) is 6.39. The van der Waals surface area contributed by atoms with Gasteiger partial charge in [0, 0.05) is 5.69 Å². The van der Waals surface area contributed by atoms with Gasteiger partial charge in [-0.3, -0.25) is 0 Å². The van der Waals surface area contributed by atoms with Gasteiger partial charge >= 0.3 is 0 Å². The number of halogens is 1. The number of rotatable bonds is 7. The fourth-order valence-corrected chi connectivity index (χ4v) is 1.95. The molecule has 0 aliphatic carbocycles. The lowest BCUT2D eigenvalue weighted by atomic mass is 9.90. The zero-order valence-electron chi connectivity index (χ0n) is 10.7. The van der Waals surface area contributed by atoms with Crippen LogP contribution in [0.1, 0.15) is 39.5 Å². The normalized spacial score (nSPS) is 14.4. The van der Waals surface area contributed by atoms with Crippen LogP contribution >= 0.6 is 0 Å². The van der Waals surface area contributed by atoms with E-state index in [0.717, 1.165) is 31.4 Å². The molecule has 0 aliphatic rings. The molecule has 1 unspecified atom stereocenters. The number of nitrogens with one attached hydrogen (secondary N) is 1. The quantitative estimate of drug-likeness (QED) is 0.762. The van der Waals surface area contributed by atoms with Gasteiger partial charge in [0.2, 0.25) is 0 Å². The maximum absolute atomic E-state index is 13.1. The molecule has 0 fully saturated rings. The van der Waals surface area contributed by atoms with Crippen LogP contribution in [0.5, 0.6) is 0 Å². The van der Waals surface area contributed by atoms with Gasteiger partial charge in [0.25, 0.3) is 0 Å². The molecule has 96 valence electrons. The van der Waals surface area contributed by atoms with Crippen LogP contribution in [0.3, 0.4) is 0 Å². The van der Waals surface area contributed by atoms with Crippen LogP contribution in [0.2, 0.25) is 0 Å². The highest BCUT2D eigenvalue weighted by atomic mass is 19.1. The fourth-order valence-electron chi connectivity index (χ4n) is 1.95. The Morgan fingerprint density at radius 1 is 1.35 bits per heavy atom. The van der Waals surface area contributed by atoms with Crippen molar-refractivity contribution in [3.05, 3.63) is 30.1 Å². The van der Waals surface area contributed by atoms with E-state index in [-0.39, 0.29) is 18.0 Å². The lowest BCUT2D eigenvalue weighted by Crippen LogP contribution is -2.41. The minimum Gasteiger partial charge on any atom is -0.394 e. The van der Waals surface area contributed by atoms with E-state index in [9.17, 15) is 9.50 Å². The van der Waals surface area contributed by atoms with Crippen molar-refractivity contribution in [1.29, 1.82) is 0 Å². The van der Waals surface area contributed by atoms with Crippen LogP contribution in [0.25, 0.3) is 0 Å². The van der Waals surface area contributed by atoms with Gasteiger partial charge in [0.15, 0.2) is 0 Å².